The Morgan fingerprint density at radius 2 is 2.47 bits per heavy atom. The summed E-state index contributed by atoms with van der Waals surface area (Å²) < 4.78 is 0. The first-order chi connectivity index (χ1) is 8.26. The highest BCUT2D eigenvalue weighted by atomic mass is 32.2. The van der Waals surface area contributed by atoms with Crippen LogP contribution in [-0.2, 0) is 10.5 Å². The molecular weight excluding hydrogens is 254 g/mol. The maximum absolute atomic E-state index is 11.0. The van der Waals surface area contributed by atoms with Gasteiger partial charge in [0.25, 0.3) is 0 Å². The average Bonchev–Trinajstić information content (AvgIpc) is 2.77. The summed E-state index contributed by atoms with van der Waals surface area (Å²) in [7, 11) is 1.64. The molecule has 5 heteroatoms. The maximum Gasteiger partial charge on any atom is 0.229 e. The van der Waals surface area contributed by atoms with Gasteiger partial charge in [-0.25, -0.2) is 0 Å². The lowest BCUT2D eigenvalue weighted by atomic mass is 10.3. The number of carbonyl (C=O) groups is 1. The lowest BCUT2D eigenvalue weighted by Crippen LogP contribution is -2.19. The Hall–Kier alpha value is -0.960. The van der Waals surface area contributed by atoms with Crippen molar-refractivity contribution < 1.29 is 9.90 Å². The standard InChI is InChI=1S/C12H15NO2S2/c1-13-12(15)9-16-8-11-6-10(7-17-11)4-2-3-5-14/h6-7,14H,3,5,8-9H2,1H3,(H,13,15). The molecule has 0 aliphatic carbocycles. The third kappa shape index (κ3) is 5.78. The lowest BCUT2D eigenvalue weighted by molar-refractivity contribution is -0.118. The minimum absolute atomic E-state index is 0.0505. The minimum atomic E-state index is 0.0505. The second-order valence-electron chi connectivity index (χ2n) is 3.24. The van der Waals surface area contributed by atoms with Crippen LogP contribution in [0.3, 0.4) is 0 Å². The van der Waals surface area contributed by atoms with Crippen molar-refractivity contribution in [1.82, 2.24) is 5.32 Å². The molecule has 0 unspecified atom stereocenters. The van der Waals surface area contributed by atoms with Crippen LogP contribution in [0.2, 0.25) is 0 Å². The summed E-state index contributed by atoms with van der Waals surface area (Å²) in [6.07, 6.45) is 0.511. The summed E-state index contributed by atoms with van der Waals surface area (Å²) in [5.41, 5.74) is 0.985. The Balaban J connectivity index is 2.36. The van der Waals surface area contributed by atoms with Gasteiger partial charge in [-0.3, -0.25) is 4.79 Å². The maximum atomic E-state index is 11.0. The van der Waals surface area contributed by atoms with Crippen molar-refractivity contribution in [2.75, 3.05) is 19.4 Å². The van der Waals surface area contributed by atoms with Gasteiger partial charge in [0.1, 0.15) is 0 Å². The van der Waals surface area contributed by atoms with E-state index in [9.17, 15) is 4.79 Å². The van der Waals surface area contributed by atoms with Gasteiger partial charge in [0.15, 0.2) is 0 Å². The number of thioether (sulfide) groups is 1. The van der Waals surface area contributed by atoms with Gasteiger partial charge in [-0.05, 0) is 6.07 Å². The zero-order chi connectivity index (χ0) is 12.5. The fraction of sp³-hybridized carbons (Fsp3) is 0.417. The van der Waals surface area contributed by atoms with E-state index in [1.54, 1.807) is 30.1 Å². The van der Waals surface area contributed by atoms with E-state index < -0.39 is 0 Å². The van der Waals surface area contributed by atoms with Crippen LogP contribution in [0.15, 0.2) is 11.4 Å². The summed E-state index contributed by atoms with van der Waals surface area (Å²) in [5, 5.41) is 13.2. The van der Waals surface area contributed by atoms with Gasteiger partial charge < -0.3 is 10.4 Å². The van der Waals surface area contributed by atoms with Crippen LogP contribution in [0, 0.1) is 11.8 Å². The second-order valence-corrected chi connectivity index (χ2v) is 5.22. The summed E-state index contributed by atoms with van der Waals surface area (Å²) in [6, 6.07) is 2.03. The van der Waals surface area contributed by atoms with Crippen molar-refractivity contribution >= 4 is 29.0 Å². The number of thiophene rings is 1. The first-order valence-electron chi connectivity index (χ1n) is 5.21. The fourth-order valence-corrected chi connectivity index (χ4v) is 2.90. The molecule has 1 heterocycles. The van der Waals surface area contributed by atoms with Gasteiger partial charge in [0.05, 0.1) is 12.4 Å². The topological polar surface area (TPSA) is 49.3 Å². The Morgan fingerprint density at radius 1 is 1.65 bits per heavy atom. The molecule has 1 aromatic rings. The molecule has 17 heavy (non-hydrogen) atoms. The van der Waals surface area contributed by atoms with Crippen LogP contribution in [-0.4, -0.2) is 30.4 Å². The van der Waals surface area contributed by atoms with Gasteiger partial charge in [0, 0.05) is 35.0 Å². The van der Waals surface area contributed by atoms with Crippen molar-refractivity contribution in [2.45, 2.75) is 12.2 Å². The monoisotopic (exact) mass is 269 g/mol. The Morgan fingerprint density at radius 3 is 3.18 bits per heavy atom. The van der Waals surface area contributed by atoms with Crippen LogP contribution in [0.25, 0.3) is 0 Å². The summed E-state index contributed by atoms with van der Waals surface area (Å²) >= 11 is 3.24. The molecule has 0 spiro atoms. The first kappa shape index (κ1) is 14.1. The van der Waals surface area contributed by atoms with Crippen LogP contribution >= 0.6 is 23.1 Å². The molecule has 1 aromatic heterocycles. The van der Waals surface area contributed by atoms with Gasteiger partial charge in [-0.2, -0.15) is 0 Å². The van der Waals surface area contributed by atoms with Crippen molar-refractivity contribution in [3.63, 3.8) is 0 Å². The normalized spacial score (nSPS) is 9.53. The number of nitrogens with one attached hydrogen (secondary N) is 1. The molecule has 0 saturated heterocycles. The zero-order valence-electron chi connectivity index (χ0n) is 9.66. The lowest BCUT2D eigenvalue weighted by Gasteiger charge is -1.97. The van der Waals surface area contributed by atoms with E-state index in [1.807, 2.05) is 11.4 Å². The predicted molar refractivity (Wildman–Crippen MR) is 73.1 cm³/mol. The third-order valence-corrected chi connectivity index (χ3v) is 3.98. The highest BCUT2D eigenvalue weighted by Crippen LogP contribution is 2.19. The molecule has 2 N–H and O–H groups in total. The third-order valence-electron chi connectivity index (χ3n) is 1.88. The van der Waals surface area contributed by atoms with E-state index in [2.05, 4.69) is 17.2 Å². The Kier molecular flexibility index (Phi) is 6.78. The Bertz CT molecular complexity index is 418. The van der Waals surface area contributed by atoms with Gasteiger partial charge >= 0.3 is 0 Å². The van der Waals surface area contributed by atoms with E-state index in [-0.39, 0.29) is 12.5 Å². The average molecular weight is 269 g/mol. The molecule has 0 aliphatic heterocycles. The van der Waals surface area contributed by atoms with Gasteiger partial charge in [-0.1, -0.05) is 11.8 Å². The number of hydrogen-bond acceptors (Lipinski definition) is 4. The molecule has 0 bridgehead atoms. The molecule has 0 saturated carbocycles. The van der Waals surface area contributed by atoms with Crippen LogP contribution in [0.4, 0.5) is 0 Å². The summed E-state index contributed by atoms with van der Waals surface area (Å²) in [6.45, 7) is 0.103. The SMILES string of the molecule is CNC(=O)CSCc1cc(C#CCCO)cs1. The largest absolute Gasteiger partial charge is 0.395 e. The summed E-state index contributed by atoms with van der Waals surface area (Å²) in [5.74, 6) is 7.24. The molecule has 3 nitrogen and oxygen atoms in total. The van der Waals surface area contributed by atoms with E-state index in [0.717, 1.165) is 11.3 Å². The Labute approximate surface area is 110 Å². The number of hydrogen-bond donors (Lipinski definition) is 2. The molecule has 1 amide bonds. The highest BCUT2D eigenvalue weighted by Gasteiger charge is 2.01. The molecule has 0 aromatic carbocycles. The van der Waals surface area contributed by atoms with Gasteiger partial charge in [-0.15, -0.1) is 23.1 Å². The van der Waals surface area contributed by atoms with Gasteiger partial charge in [0.2, 0.25) is 5.91 Å². The van der Waals surface area contributed by atoms with Crippen molar-refractivity contribution in [3.05, 3.63) is 21.9 Å². The fourth-order valence-electron chi connectivity index (χ4n) is 1.06. The molecule has 0 aliphatic rings. The summed E-state index contributed by atoms with van der Waals surface area (Å²) in [4.78, 5) is 12.2. The number of rotatable bonds is 5. The van der Waals surface area contributed by atoms with Crippen LogP contribution < -0.4 is 5.32 Å². The number of aliphatic hydroxyl groups is 1. The first-order valence-corrected chi connectivity index (χ1v) is 7.25. The number of amides is 1. The molecular formula is C12H15NO2S2. The minimum Gasteiger partial charge on any atom is -0.395 e. The molecule has 0 fully saturated rings. The van der Waals surface area contributed by atoms with Crippen LogP contribution in [0.5, 0.6) is 0 Å². The van der Waals surface area contributed by atoms with E-state index in [4.69, 9.17) is 5.11 Å². The smallest absolute Gasteiger partial charge is 0.229 e. The molecule has 1 rings (SSSR count). The number of carbonyl (C=O) groups excluding carboxylic acids is 1. The molecule has 0 atom stereocenters. The van der Waals surface area contributed by atoms with E-state index >= 15 is 0 Å². The van der Waals surface area contributed by atoms with Crippen LogP contribution in [0.1, 0.15) is 16.9 Å². The van der Waals surface area contributed by atoms with Crippen molar-refractivity contribution in [2.24, 2.45) is 0 Å². The second kappa shape index (κ2) is 8.18. The van der Waals surface area contributed by atoms with Crippen molar-refractivity contribution in [3.8, 4) is 11.8 Å². The highest BCUT2D eigenvalue weighted by molar-refractivity contribution is 7.99. The molecule has 92 valence electrons. The van der Waals surface area contributed by atoms with E-state index in [1.165, 1.54) is 4.88 Å². The van der Waals surface area contributed by atoms with E-state index in [0.29, 0.717) is 12.2 Å². The number of aliphatic hydroxyl groups excluding tert-OH is 1. The zero-order valence-corrected chi connectivity index (χ0v) is 11.3. The predicted octanol–water partition coefficient (Wildman–Crippen LogP) is 1.46. The molecule has 0 radical (unpaired) electrons. The quantitative estimate of drug-likeness (QED) is 0.796. The van der Waals surface area contributed by atoms with Crippen molar-refractivity contribution in [1.29, 1.82) is 0 Å².